The summed E-state index contributed by atoms with van der Waals surface area (Å²) in [5.74, 6) is -2.84. The quantitative estimate of drug-likeness (QED) is 0.549. The van der Waals surface area contributed by atoms with Gasteiger partial charge in [0.15, 0.2) is 0 Å². The number of alkyl halides is 3. The van der Waals surface area contributed by atoms with Crippen LogP contribution in [0.25, 0.3) is 0 Å². The van der Waals surface area contributed by atoms with Gasteiger partial charge < -0.3 is 10.2 Å². The Bertz CT molecular complexity index is 1200. The molecule has 3 fully saturated rings. The van der Waals surface area contributed by atoms with Gasteiger partial charge in [-0.25, -0.2) is 4.39 Å². The summed E-state index contributed by atoms with van der Waals surface area (Å²) < 4.78 is 81.1. The lowest BCUT2D eigenvalue weighted by molar-refractivity contribution is -0.142. The van der Waals surface area contributed by atoms with Crippen molar-refractivity contribution in [2.75, 3.05) is 32.7 Å². The van der Waals surface area contributed by atoms with Gasteiger partial charge >= 0.3 is 6.18 Å². The first kappa shape index (κ1) is 27.3. The number of benzene rings is 1. The summed E-state index contributed by atoms with van der Waals surface area (Å²) in [6.45, 7) is 0.279. The zero-order valence-electron chi connectivity index (χ0n) is 19.9. The lowest BCUT2D eigenvalue weighted by Crippen LogP contribution is -2.57. The first-order chi connectivity index (χ1) is 17.4. The van der Waals surface area contributed by atoms with Crippen LogP contribution in [0.4, 0.5) is 17.6 Å². The minimum Gasteiger partial charge on any atom is -0.350 e. The zero-order chi connectivity index (χ0) is 27.0. The van der Waals surface area contributed by atoms with Crippen LogP contribution in [-0.4, -0.2) is 72.5 Å². The summed E-state index contributed by atoms with van der Waals surface area (Å²) in [7, 11) is -3.80. The van der Waals surface area contributed by atoms with E-state index in [0.717, 1.165) is 0 Å². The SMILES string of the molecule is N#CC1CN(S(=O)(=O)N2CCC[C@H](C(=O)N3CCCC3C(=O)NCc3cc(C(F)(F)F)ccc3F)C2)C1. The van der Waals surface area contributed by atoms with Crippen molar-refractivity contribution < 1.29 is 35.6 Å². The van der Waals surface area contributed by atoms with E-state index in [9.17, 15) is 35.6 Å². The third kappa shape index (κ3) is 5.73. The highest BCUT2D eigenvalue weighted by Crippen LogP contribution is 2.31. The molecule has 0 spiro atoms. The molecule has 3 saturated heterocycles. The molecule has 3 aliphatic rings. The first-order valence-electron chi connectivity index (χ1n) is 12.0. The van der Waals surface area contributed by atoms with E-state index in [1.54, 1.807) is 0 Å². The van der Waals surface area contributed by atoms with Gasteiger partial charge in [0, 0.05) is 44.8 Å². The van der Waals surface area contributed by atoms with Crippen molar-refractivity contribution in [3.63, 3.8) is 0 Å². The van der Waals surface area contributed by atoms with E-state index >= 15 is 0 Å². The molecule has 0 radical (unpaired) electrons. The van der Waals surface area contributed by atoms with Gasteiger partial charge in [0.05, 0.1) is 23.5 Å². The number of rotatable bonds is 6. The average Bonchev–Trinajstić information content (AvgIpc) is 3.31. The van der Waals surface area contributed by atoms with Crippen LogP contribution in [0.3, 0.4) is 0 Å². The van der Waals surface area contributed by atoms with Gasteiger partial charge in [-0.2, -0.15) is 35.5 Å². The van der Waals surface area contributed by atoms with Crippen LogP contribution in [0.1, 0.15) is 36.8 Å². The van der Waals surface area contributed by atoms with Gasteiger partial charge in [0.1, 0.15) is 11.9 Å². The van der Waals surface area contributed by atoms with Crippen molar-refractivity contribution in [3.05, 3.63) is 35.1 Å². The molecule has 1 N–H and O–H groups in total. The van der Waals surface area contributed by atoms with Crippen LogP contribution in [0.2, 0.25) is 0 Å². The first-order valence-corrected chi connectivity index (χ1v) is 13.4. The van der Waals surface area contributed by atoms with E-state index in [2.05, 4.69) is 5.32 Å². The Hall–Kier alpha value is -2.76. The predicted octanol–water partition coefficient (Wildman–Crippen LogP) is 1.86. The maximum absolute atomic E-state index is 14.0. The highest BCUT2D eigenvalue weighted by molar-refractivity contribution is 7.86. The van der Waals surface area contributed by atoms with E-state index in [1.165, 1.54) is 13.5 Å². The third-order valence-electron chi connectivity index (χ3n) is 7.08. The number of piperidine rings is 1. The van der Waals surface area contributed by atoms with Crippen molar-refractivity contribution in [1.29, 1.82) is 5.26 Å². The Morgan fingerprint density at radius 2 is 1.78 bits per heavy atom. The second kappa shape index (κ2) is 10.5. The number of hydrogen-bond donors (Lipinski definition) is 1. The third-order valence-corrected chi connectivity index (χ3v) is 9.02. The van der Waals surface area contributed by atoms with Crippen molar-refractivity contribution in [2.45, 2.75) is 44.4 Å². The maximum Gasteiger partial charge on any atom is 0.416 e. The molecule has 9 nitrogen and oxygen atoms in total. The van der Waals surface area contributed by atoms with Crippen molar-refractivity contribution in [3.8, 4) is 6.07 Å². The Morgan fingerprint density at radius 3 is 2.46 bits per heavy atom. The summed E-state index contributed by atoms with van der Waals surface area (Å²) in [6, 6.07) is 3.10. The van der Waals surface area contributed by atoms with Gasteiger partial charge in [0.25, 0.3) is 10.2 Å². The average molecular weight is 546 g/mol. The number of amides is 2. The second-order valence-electron chi connectivity index (χ2n) is 9.56. The van der Waals surface area contributed by atoms with Gasteiger partial charge in [0.2, 0.25) is 11.8 Å². The predicted molar refractivity (Wildman–Crippen MR) is 122 cm³/mol. The fourth-order valence-electron chi connectivity index (χ4n) is 4.95. The molecule has 2 amide bonds. The molecule has 0 bridgehead atoms. The minimum atomic E-state index is -4.66. The molecule has 0 aliphatic carbocycles. The molecule has 3 aliphatic heterocycles. The number of nitriles is 1. The summed E-state index contributed by atoms with van der Waals surface area (Å²) in [6.07, 6.45) is -2.88. The summed E-state index contributed by atoms with van der Waals surface area (Å²) in [5.41, 5.74) is -1.36. The number of carbonyl (C=O) groups excluding carboxylic acids is 2. The number of carbonyl (C=O) groups is 2. The minimum absolute atomic E-state index is 0.0326. The molecule has 1 aromatic rings. The summed E-state index contributed by atoms with van der Waals surface area (Å²) >= 11 is 0. The molecule has 202 valence electrons. The van der Waals surface area contributed by atoms with Crippen molar-refractivity contribution in [1.82, 2.24) is 18.8 Å². The number of likely N-dealkylation sites (tertiary alicyclic amines) is 1. The molecule has 2 atom stereocenters. The Kier molecular flexibility index (Phi) is 7.77. The standard InChI is InChI=1S/C23H27F4N5O4S/c24-19-6-5-18(23(25,26)27)9-17(19)11-29-21(33)20-4-2-8-32(20)22(34)16-3-1-7-30(14-16)37(35,36)31-12-15(10-28)13-31/h5-6,9,15-16,20H,1-4,7-8,11-14H2,(H,29,33)/t16-,20?/m0/s1. The fraction of sp³-hybridized carbons (Fsp3) is 0.609. The second-order valence-corrected chi connectivity index (χ2v) is 11.5. The summed E-state index contributed by atoms with van der Waals surface area (Å²) in [4.78, 5) is 27.5. The molecule has 0 saturated carbocycles. The number of halogens is 4. The van der Waals surface area contributed by atoms with Crippen molar-refractivity contribution in [2.24, 2.45) is 11.8 Å². The lowest BCUT2D eigenvalue weighted by Gasteiger charge is -2.41. The Balaban J connectivity index is 1.38. The number of nitrogens with zero attached hydrogens (tertiary/aromatic N) is 4. The Morgan fingerprint density at radius 1 is 1.08 bits per heavy atom. The molecule has 4 rings (SSSR count). The monoisotopic (exact) mass is 545 g/mol. The fourth-order valence-corrected chi connectivity index (χ4v) is 6.74. The highest BCUT2D eigenvalue weighted by Gasteiger charge is 2.44. The van der Waals surface area contributed by atoms with Crippen LogP contribution in [0, 0.1) is 29.0 Å². The van der Waals surface area contributed by atoms with Gasteiger partial charge in [-0.15, -0.1) is 0 Å². The molecule has 3 heterocycles. The normalized spacial score (nSPS) is 23.9. The van der Waals surface area contributed by atoms with Crippen LogP contribution < -0.4 is 5.32 Å². The van der Waals surface area contributed by atoms with Crippen LogP contribution in [0.15, 0.2) is 18.2 Å². The van der Waals surface area contributed by atoms with E-state index < -0.39 is 52.2 Å². The van der Waals surface area contributed by atoms with E-state index in [1.807, 2.05) is 6.07 Å². The molecule has 14 heteroatoms. The summed E-state index contributed by atoms with van der Waals surface area (Å²) in [5, 5.41) is 11.4. The van der Waals surface area contributed by atoms with E-state index in [0.29, 0.717) is 43.9 Å². The number of nitrogens with one attached hydrogen (secondary N) is 1. The smallest absolute Gasteiger partial charge is 0.350 e. The van der Waals surface area contributed by atoms with Gasteiger partial charge in [-0.1, -0.05) is 0 Å². The zero-order valence-corrected chi connectivity index (χ0v) is 20.7. The van der Waals surface area contributed by atoms with E-state index in [4.69, 9.17) is 5.26 Å². The van der Waals surface area contributed by atoms with Crippen LogP contribution in [0.5, 0.6) is 0 Å². The maximum atomic E-state index is 14.0. The van der Waals surface area contributed by atoms with Gasteiger partial charge in [-0.05, 0) is 43.9 Å². The molecule has 0 aromatic heterocycles. The van der Waals surface area contributed by atoms with Crippen LogP contribution in [-0.2, 0) is 32.5 Å². The molecular formula is C23H27F4N5O4S. The van der Waals surface area contributed by atoms with E-state index in [-0.39, 0.29) is 50.1 Å². The molecule has 37 heavy (non-hydrogen) atoms. The Labute approximate surface area is 212 Å². The number of hydrogen-bond acceptors (Lipinski definition) is 5. The van der Waals surface area contributed by atoms with Gasteiger partial charge in [-0.3, -0.25) is 9.59 Å². The highest BCUT2D eigenvalue weighted by atomic mass is 32.2. The molecule has 1 unspecified atom stereocenters. The molecule has 1 aromatic carbocycles. The lowest BCUT2D eigenvalue weighted by atomic mass is 9.97. The van der Waals surface area contributed by atoms with Crippen molar-refractivity contribution >= 4 is 22.0 Å². The van der Waals surface area contributed by atoms with Crippen LogP contribution >= 0.6 is 0 Å². The topological polar surface area (TPSA) is 114 Å². The largest absolute Gasteiger partial charge is 0.416 e. The molecular weight excluding hydrogens is 518 g/mol.